The summed E-state index contributed by atoms with van der Waals surface area (Å²) in [4.78, 5) is 0. The molecular weight excluding hydrogens is 207 g/mol. The lowest BCUT2D eigenvalue weighted by Gasteiger charge is -2.32. The van der Waals surface area contributed by atoms with E-state index in [0.29, 0.717) is 19.8 Å². The van der Waals surface area contributed by atoms with Crippen LogP contribution in [0.25, 0.3) is 0 Å². The molecule has 1 unspecified atom stereocenters. The smallest absolute Gasteiger partial charge is 0.403 e. The highest BCUT2D eigenvalue weighted by molar-refractivity contribution is 6.45. The summed E-state index contributed by atoms with van der Waals surface area (Å²) in [7, 11) is -0.184. The van der Waals surface area contributed by atoms with E-state index in [9.17, 15) is 0 Å². The second-order valence-electron chi connectivity index (χ2n) is 5.49. The highest BCUT2D eigenvalue weighted by Gasteiger charge is 2.51. The molecule has 0 radical (unpaired) electrons. The second-order valence-corrected chi connectivity index (χ2v) is 5.49. The molecule has 4 nitrogen and oxygen atoms in total. The average molecular weight is 228 g/mol. The molecule has 2 aliphatic heterocycles. The average Bonchev–Trinajstić information content (AvgIpc) is 2.36. The number of hydrogen-bond donors (Lipinski definition) is 0. The molecule has 16 heavy (non-hydrogen) atoms. The minimum absolute atomic E-state index is 0.100. The van der Waals surface area contributed by atoms with Crippen molar-refractivity contribution in [3.05, 3.63) is 0 Å². The molecule has 0 aromatic heterocycles. The third-order valence-electron chi connectivity index (χ3n) is 3.64. The van der Waals surface area contributed by atoms with Gasteiger partial charge in [0.2, 0.25) is 0 Å². The van der Waals surface area contributed by atoms with Crippen molar-refractivity contribution in [3.63, 3.8) is 0 Å². The van der Waals surface area contributed by atoms with Crippen molar-refractivity contribution in [1.82, 2.24) is 0 Å². The Morgan fingerprint density at radius 1 is 1.06 bits per heavy atom. The van der Waals surface area contributed by atoms with Crippen molar-refractivity contribution in [2.75, 3.05) is 19.8 Å². The summed E-state index contributed by atoms with van der Waals surface area (Å²) in [5.74, 6) is 0. The van der Waals surface area contributed by atoms with Gasteiger partial charge in [0.1, 0.15) is 0 Å². The number of rotatable bonds is 2. The Hall–Kier alpha value is -0.0951. The van der Waals surface area contributed by atoms with E-state index in [1.54, 1.807) is 0 Å². The summed E-state index contributed by atoms with van der Waals surface area (Å²) in [6.45, 7) is 10.3. The lowest BCUT2D eigenvalue weighted by Crippen LogP contribution is -2.41. The Balaban J connectivity index is 1.88. The van der Waals surface area contributed by atoms with E-state index in [-0.39, 0.29) is 24.4 Å². The highest BCUT2D eigenvalue weighted by Crippen LogP contribution is 2.38. The molecule has 2 saturated heterocycles. The zero-order valence-electron chi connectivity index (χ0n) is 10.6. The van der Waals surface area contributed by atoms with Crippen molar-refractivity contribution in [2.45, 2.75) is 51.3 Å². The Labute approximate surface area is 97.7 Å². The third-order valence-corrected chi connectivity index (χ3v) is 3.64. The molecule has 0 saturated carbocycles. The summed E-state index contributed by atoms with van der Waals surface area (Å²) in [5, 5.41) is 0. The molecule has 0 amide bonds. The van der Waals surface area contributed by atoms with Crippen LogP contribution >= 0.6 is 0 Å². The largest absolute Gasteiger partial charge is 0.460 e. The van der Waals surface area contributed by atoms with Gasteiger partial charge >= 0.3 is 7.12 Å². The van der Waals surface area contributed by atoms with Gasteiger partial charge in [-0.2, -0.15) is 0 Å². The van der Waals surface area contributed by atoms with Crippen LogP contribution in [0.5, 0.6) is 0 Å². The monoisotopic (exact) mass is 228 g/mol. The zero-order chi connectivity index (χ0) is 11.8. The molecule has 2 fully saturated rings. The van der Waals surface area contributed by atoms with Crippen LogP contribution in [0.4, 0.5) is 0 Å². The quantitative estimate of drug-likeness (QED) is 0.671. The highest BCUT2D eigenvalue weighted by atomic mass is 16.7. The van der Waals surface area contributed by atoms with Crippen molar-refractivity contribution >= 4 is 7.12 Å². The lowest BCUT2D eigenvalue weighted by molar-refractivity contribution is -0.0817. The second kappa shape index (κ2) is 4.29. The standard InChI is InChI=1S/C11H21BO4/c1-10(2)11(3,4)16-12(15-10)7-9-8-13-5-6-14-9/h9H,5-8H2,1-4H3. The van der Waals surface area contributed by atoms with E-state index in [2.05, 4.69) is 27.7 Å². The number of ether oxygens (including phenoxy) is 2. The first kappa shape index (κ1) is 12.4. The lowest BCUT2D eigenvalue weighted by atomic mass is 9.81. The normalized spacial score (nSPS) is 33.0. The summed E-state index contributed by atoms with van der Waals surface area (Å²) in [6.07, 6.45) is 0.843. The van der Waals surface area contributed by atoms with Gasteiger partial charge < -0.3 is 18.8 Å². The Bertz CT molecular complexity index is 232. The molecule has 0 aromatic carbocycles. The van der Waals surface area contributed by atoms with Crippen LogP contribution < -0.4 is 0 Å². The maximum absolute atomic E-state index is 5.91. The first-order chi connectivity index (χ1) is 7.41. The molecule has 2 rings (SSSR count). The van der Waals surface area contributed by atoms with Gasteiger partial charge in [-0.1, -0.05) is 0 Å². The molecule has 1 atom stereocenters. The van der Waals surface area contributed by atoms with E-state index < -0.39 is 0 Å². The first-order valence-corrected chi connectivity index (χ1v) is 5.96. The van der Waals surface area contributed by atoms with Crippen LogP contribution in [-0.4, -0.2) is 44.2 Å². The molecule has 2 heterocycles. The van der Waals surface area contributed by atoms with Crippen LogP contribution in [0.3, 0.4) is 0 Å². The van der Waals surface area contributed by atoms with E-state index in [1.165, 1.54) is 0 Å². The summed E-state index contributed by atoms with van der Waals surface area (Å²) in [5.41, 5.74) is -0.514. The van der Waals surface area contributed by atoms with Crippen molar-refractivity contribution in [3.8, 4) is 0 Å². The van der Waals surface area contributed by atoms with Crippen LogP contribution in [-0.2, 0) is 18.8 Å². The Morgan fingerprint density at radius 2 is 1.69 bits per heavy atom. The fourth-order valence-corrected chi connectivity index (χ4v) is 1.95. The summed E-state index contributed by atoms with van der Waals surface area (Å²) >= 11 is 0. The molecule has 0 spiro atoms. The van der Waals surface area contributed by atoms with Crippen LogP contribution in [0.15, 0.2) is 0 Å². The molecule has 0 aromatic rings. The van der Waals surface area contributed by atoms with E-state index in [0.717, 1.165) is 6.32 Å². The van der Waals surface area contributed by atoms with Crippen molar-refractivity contribution in [1.29, 1.82) is 0 Å². The molecule has 2 aliphatic rings. The molecule has 0 bridgehead atoms. The Morgan fingerprint density at radius 3 is 2.19 bits per heavy atom. The van der Waals surface area contributed by atoms with Crippen LogP contribution in [0.1, 0.15) is 27.7 Å². The third kappa shape index (κ3) is 2.42. The van der Waals surface area contributed by atoms with Gasteiger partial charge in [-0.3, -0.25) is 0 Å². The van der Waals surface area contributed by atoms with Crippen molar-refractivity contribution < 1.29 is 18.8 Å². The van der Waals surface area contributed by atoms with Gasteiger partial charge in [-0.25, -0.2) is 0 Å². The van der Waals surface area contributed by atoms with Crippen molar-refractivity contribution in [2.24, 2.45) is 0 Å². The maximum atomic E-state index is 5.91. The van der Waals surface area contributed by atoms with Gasteiger partial charge in [-0.15, -0.1) is 0 Å². The Kier molecular flexibility index (Phi) is 3.32. The predicted molar refractivity (Wildman–Crippen MR) is 61.4 cm³/mol. The van der Waals surface area contributed by atoms with Crippen LogP contribution in [0, 0.1) is 0 Å². The summed E-state index contributed by atoms with van der Waals surface area (Å²) in [6, 6.07) is 0. The van der Waals surface area contributed by atoms with E-state index in [1.807, 2.05) is 0 Å². The predicted octanol–water partition coefficient (Wildman–Crippen LogP) is 1.49. The van der Waals surface area contributed by atoms with Crippen LogP contribution in [0.2, 0.25) is 6.32 Å². The molecular formula is C11H21BO4. The molecule has 92 valence electrons. The number of hydrogen-bond acceptors (Lipinski definition) is 4. The fourth-order valence-electron chi connectivity index (χ4n) is 1.95. The molecule has 5 heteroatoms. The SMILES string of the molecule is CC1(C)OB(CC2COCCO2)OC1(C)C. The van der Waals surface area contributed by atoms with Gasteiger partial charge in [0.15, 0.2) is 0 Å². The first-order valence-electron chi connectivity index (χ1n) is 5.96. The minimum atomic E-state index is -0.257. The maximum Gasteiger partial charge on any atom is 0.460 e. The van der Waals surface area contributed by atoms with E-state index in [4.69, 9.17) is 18.8 Å². The van der Waals surface area contributed by atoms with Gasteiger partial charge in [0, 0.05) is 6.32 Å². The topological polar surface area (TPSA) is 36.9 Å². The minimum Gasteiger partial charge on any atom is -0.403 e. The zero-order valence-corrected chi connectivity index (χ0v) is 10.6. The van der Waals surface area contributed by atoms with E-state index >= 15 is 0 Å². The fraction of sp³-hybridized carbons (Fsp3) is 1.00. The van der Waals surface area contributed by atoms with Gasteiger partial charge in [0.05, 0.1) is 37.1 Å². The van der Waals surface area contributed by atoms with Gasteiger partial charge in [-0.05, 0) is 27.7 Å². The molecule has 0 aliphatic carbocycles. The molecule has 0 N–H and O–H groups in total. The summed E-state index contributed by atoms with van der Waals surface area (Å²) < 4.78 is 22.8. The van der Waals surface area contributed by atoms with Gasteiger partial charge in [0.25, 0.3) is 0 Å².